The molecule has 2 aromatic carbocycles. The molecule has 0 aliphatic carbocycles. The van der Waals surface area contributed by atoms with Crippen LogP contribution in [0, 0.1) is 11.8 Å². The largest absolute Gasteiger partial charge is 0.430 e. The van der Waals surface area contributed by atoms with Crippen molar-refractivity contribution >= 4 is 52.3 Å². The lowest BCUT2D eigenvalue weighted by molar-refractivity contribution is -0.262. The summed E-state index contributed by atoms with van der Waals surface area (Å²) in [4.78, 5) is 30.9. The fraction of sp³-hybridized carbons (Fsp3) is 0.548. The first kappa shape index (κ1) is 33.1. The molecule has 3 aliphatic rings. The fourth-order valence-electron chi connectivity index (χ4n) is 6.64. The molecule has 0 spiro atoms. The van der Waals surface area contributed by atoms with Crippen molar-refractivity contribution in [3.8, 4) is 0 Å². The Morgan fingerprint density at radius 1 is 0.818 bits per heavy atom. The molecule has 2 atom stereocenters. The van der Waals surface area contributed by atoms with Gasteiger partial charge < -0.3 is 24.9 Å². The van der Waals surface area contributed by atoms with Gasteiger partial charge in [-0.3, -0.25) is 9.59 Å². The van der Waals surface area contributed by atoms with E-state index in [1.807, 2.05) is 12.1 Å². The van der Waals surface area contributed by atoms with Crippen LogP contribution in [0.5, 0.6) is 0 Å². The van der Waals surface area contributed by atoms with E-state index in [0.717, 1.165) is 55.1 Å². The fourth-order valence-corrected chi connectivity index (χ4v) is 7.42. The highest BCUT2D eigenvalue weighted by Gasteiger charge is 2.62. The molecule has 240 valence electrons. The van der Waals surface area contributed by atoms with Crippen molar-refractivity contribution in [3.05, 3.63) is 62.6 Å². The summed E-state index contributed by atoms with van der Waals surface area (Å²) < 4.78 is 42.4. The van der Waals surface area contributed by atoms with Crippen LogP contribution in [-0.4, -0.2) is 83.4 Å². The van der Waals surface area contributed by atoms with Crippen LogP contribution < -0.4 is 4.90 Å². The summed E-state index contributed by atoms with van der Waals surface area (Å²) in [5.74, 6) is -0.892. The van der Waals surface area contributed by atoms with Gasteiger partial charge >= 0.3 is 6.18 Å². The standard InChI is InChI=1S/C31H35Cl3F3N3O4/c32-22-14-21(15-23(33)16-22)30(44,31(35,36)37)29(43)39-10-5-20(6-11-39)13-19-3-8-38(9-4-19)24-1-2-26(27(34)17-24)28(42)40-12-7-25(41)18-40/h1-2,14-17,19-20,25,41,44H,3-13,18H2/t25-,30?/m1/s1. The molecule has 1 unspecified atom stereocenters. The van der Waals surface area contributed by atoms with Gasteiger partial charge in [0.1, 0.15) is 0 Å². The Bertz CT molecular complexity index is 1360. The Morgan fingerprint density at radius 3 is 1.91 bits per heavy atom. The molecule has 0 saturated carbocycles. The number of amides is 2. The highest BCUT2D eigenvalue weighted by atomic mass is 35.5. The van der Waals surface area contributed by atoms with Gasteiger partial charge in [-0.05, 0) is 86.8 Å². The van der Waals surface area contributed by atoms with E-state index < -0.39 is 29.4 Å². The van der Waals surface area contributed by atoms with E-state index >= 15 is 0 Å². The van der Waals surface area contributed by atoms with Crippen LogP contribution in [0.3, 0.4) is 0 Å². The lowest BCUT2D eigenvalue weighted by Gasteiger charge is -2.40. The number of halogens is 6. The first-order valence-electron chi connectivity index (χ1n) is 14.8. The Kier molecular flexibility index (Phi) is 9.97. The van der Waals surface area contributed by atoms with Crippen molar-refractivity contribution in [1.82, 2.24) is 9.80 Å². The van der Waals surface area contributed by atoms with Gasteiger partial charge in [-0.15, -0.1) is 0 Å². The van der Waals surface area contributed by atoms with E-state index in [2.05, 4.69) is 4.90 Å². The monoisotopic (exact) mass is 675 g/mol. The minimum Gasteiger partial charge on any atom is -0.391 e. The van der Waals surface area contributed by atoms with Crippen LogP contribution in [0.25, 0.3) is 0 Å². The van der Waals surface area contributed by atoms with E-state index in [-0.39, 0.29) is 35.0 Å². The Morgan fingerprint density at radius 2 is 1.39 bits per heavy atom. The first-order chi connectivity index (χ1) is 20.8. The number of piperidine rings is 2. The number of anilines is 1. The number of hydrogen-bond acceptors (Lipinski definition) is 5. The summed E-state index contributed by atoms with van der Waals surface area (Å²) in [5, 5.41) is 20.7. The molecule has 3 saturated heterocycles. The second kappa shape index (κ2) is 13.2. The molecule has 2 N–H and O–H groups in total. The van der Waals surface area contributed by atoms with Crippen LogP contribution in [0.1, 0.15) is 54.4 Å². The number of carbonyl (C=O) groups is 2. The predicted octanol–water partition coefficient (Wildman–Crippen LogP) is 6.15. The van der Waals surface area contributed by atoms with Gasteiger partial charge in [-0.2, -0.15) is 13.2 Å². The van der Waals surface area contributed by atoms with Gasteiger partial charge in [0, 0.05) is 60.6 Å². The molecule has 0 radical (unpaired) electrons. The van der Waals surface area contributed by atoms with Crippen molar-refractivity contribution in [2.24, 2.45) is 11.8 Å². The molecule has 3 aliphatic heterocycles. The smallest absolute Gasteiger partial charge is 0.391 e. The lowest BCUT2D eigenvalue weighted by Crippen LogP contribution is -2.57. The number of rotatable bonds is 6. The molecule has 0 bridgehead atoms. The van der Waals surface area contributed by atoms with Crippen molar-refractivity contribution in [2.75, 3.05) is 44.2 Å². The highest BCUT2D eigenvalue weighted by molar-refractivity contribution is 6.35. The number of aliphatic hydroxyl groups is 2. The molecule has 7 nitrogen and oxygen atoms in total. The molecule has 3 heterocycles. The van der Waals surface area contributed by atoms with Gasteiger partial charge in [0.15, 0.2) is 0 Å². The van der Waals surface area contributed by atoms with Crippen LogP contribution >= 0.6 is 34.8 Å². The van der Waals surface area contributed by atoms with Gasteiger partial charge in [0.2, 0.25) is 0 Å². The van der Waals surface area contributed by atoms with Crippen LogP contribution in [0.15, 0.2) is 36.4 Å². The molecule has 13 heteroatoms. The zero-order valence-corrected chi connectivity index (χ0v) is 26.3. The summed E-state index contributed by atoms with van der Waals surface area (Å²) >= 11 is 18.3. The highest BCUT2D eigenvalue weighted by Crippen LogP contribution is 2.43. The first-order valence-corrected chi connectivity index (χ1v) is 16.0. The van der Waals surface area contributed by atoms with E-state index in [1.54, 1.807) is 11.0 Å². The number of aliphatic hydroxyl groups excluding tert-OH is 1. The van der Waals surface area contributed by atoms with Gasteiger partial charge in [0.25, 0.3) is 17.4 Å². The average Bonchev–Trinajstić information content (AvgIpc) is 3.42. The predicted molar refractivity (Wildman–Crippen MR) is 163 cm³/mol. The molecular weight excluding hydrogens is 642 g/mol. The Balaban J connectivity index is 1.13. The quantitative estimate of drug-likeness (QED) is 0.384. The van der Waals surface area contributed by atoms with Crippen molar-refractivity contribution < 1.29 is 33.0 Å². The maximum absolute atomic E-state index is 14.1. The topological polar surface area (TPSA) is 84.3 Å². The molecule has 0 aromatic heterocycles. The summed E-state index contributed by atoms with van der Waals surface area (Å²) in [6, 6.07) is 8.53. The van der Waals surface area contributed by atoms with Gasteiger partial charge in [-0.1, -0.05) is 34.8 Å². The summed E-state index contributed by atoms with van der Waals surface area (Å²) in [6.45, 7) is 2.68. The molecule has 44 heavy (non-hydrogen) atoms. The zero-order chi connectivity index (χ0) is 31.8. The second-order valence-corrected chi connectivity index (χ2v) is 13.4. The van der Waals surface area contributed by atoms with Crippen LogP contribution in [0.4, 0.5) is 18.9 Å². The van der Waals surface area contributed by atoms with Crippen LogP contribution in [-0.2, 0) is 10.4 Å². The molecular formula is C31H35Cl3F3N3O4. The van der Waals surface area contributed by atoms with E-state index in [1.165, 1.54) is 6.07 Å². The number of carbonyl (C=O) groups excluding carboxylic acids is 2. The molecule has 5 rings (SSSR count). The molecule has 2 amide bonds. The SMILES string of the molecule is O=C(c1ccc(N2CCC(CC3CCN(C(=O)C(O)(c4cc(Cl)cc(Cl)c4)C(F)(F)F)CC3)CC2)cc1Cl)N1CC[C@@H](O)C1. The number of β-amino-alcohol motifs (C(OH)–C–C–N with tert-alkyl or cyclic N) is 1. The molecule has 2 aromatic rings. The Labute approximate surface area is 269 Å². The lowest BCUT2D eigenvalue weighted by atomic mass is 9.82. The number of nitrogens with zero attached hydrogens (tertiary/aromatic N) is 3. The molecule has 3 fully saturated rings. The summed E-state index contributed by atoms with van der Waals surface area (Å²) in [6.07, 6.45) is -1.31. The Hall–Kier alpha value is -2.24. The third-order valence-electron chi connectivity index (χ3n) is 9.18. The second-order valence-electron chi connectivity index (χ2n) is 12.1. The summed E-state index contributed by atoms with van der Waals surface area (Å²) in [7, 11) is 0. The minimum absolute atomic E-state index is 0.109. The number of alkyl halides is 3. The van der Waals surface area contributed by atoms with E-state index in [0.29, 0.717) is 48.9 Å². The maximum atomic E-state index is 14.1. The normalized spacial score (nSPS) is 21.9. The van der Waals surface area contributed by atoms with Gasteiger partial charge in [-0.25, -0.2) is 0 Å². The number of benzene rings is 2. The summed E-state index contributed by atoms with van der Waals surface area (Å²) in [5.41, 5.74) is -3.08. The number of likely N-dealkylation sites (tertiary alicyclic amines) is 2. The average molecular weight is 677 g/mol. The third-order valence-corrected chi connectivity index (χ3v) is 9.93. The zero-order valence-electron chi connectivity index (χ0n) is 24.0. The van der Waals surface area contributed by atoms with Crippen molar-refractivity contribution in [3.63, 3.8) is 0 Å². The van der Waals surface area contributed by atoms with Crippen molar-refractivity contribution in [2.45, 2.75) is 56.4 Å². The van der Waals surface area contributed by atoms with E-state index in [4.69, 9.17) is 34.8 Å². The minimum atomic E-state index is -5.26. The van der Waals surface area contributed by atoms with Crippen LogP contribution in [0.2, 0.25) is 15.1 Å². The number of hydrogen-bond donors (Lipinski definition) is 2. The van der Waals surface area contributed by atoms with Gasteiger partial charge in [0.05, 0.1) is 16.7 Å². The maximum Gasteiger partial charge on any atom is 0.430 e. The third kappa shape index (κ3) is 6.94. The van der Waals surface area contributed by atoms with E-state index in [9.17, 15) is 33.0 Å². The van der Waals surface area contributed by atoms with Crippen molar-refractivity contribution in [1.29, 1.82) is 0 Å².